The number of anilines is 3. The first-order chi connectivity index (χ1) is 18.4. The molecule has 1 saturated carbocycles. The fourth-order valence-corrected chi connectivity index (χ4v) is 7.73. The first kappa shape index (κ1) is 25.6. The van der Waals surface area contributed by atoms with E-state index in [0.29, 0.717) is 34.1 Å². The molecule has 202 valence electrons. The molecule has 3 aliphatic heterocycles. The van der Waals surface area contributed by atoms with Gasteiger partial charge in [0.1, 0.15) is 17.0 Å². The molecule has 1 amide bonds. The van der Waals surface area contributed by atoms with Crippen LogP contribution < -0.4 is 21.3 Å². The summed E-state index contributed by atoms with van der Waals surface area (Å²) < 4.78 is 0. The molecule has 2 saturated heterocycles. The first-order valence-electron chi connectivity index (χ1n) is 13.5. The van der Waals surface area contributed by atoms with Crippen LogP contribution in [0.2, 0.25) is 5.02 Å². The summed E-state index contributed by atoms with van der Waals surface area (Å²) in [5, 5.41) is 11.4. The van der Waals surface area contributed by atoms with Gasteiger partial charge < -0.3 is 26.4 Å². The molecule has 2 aromatic rings. The van der Waals surface area contributed by atoms with Gasteiger partial charge in [-0.15, -0.1) is 0 Å². The lowest BCUT2D eigenvalue weighted by Gasteiger charge is -2.45. The zero-order valence-electron chi connectivity index (χ0n) is 21.4. The standard InChI is InChI=1S/C27H34ClN7O2S/c28-24-17(35-21-8-1-2-12-34(21)22(36)15-23(35)37)5-3-6-18(24)38-26-25(30)32-20(16-31-26)33-13-10-27(11-14-33)9-4-7-19(27)29/h3,5-6,15-16,19,21,36H,1-2,4,7-14,29H2,(H2,30,32)/t19?,21-/m0/s1. The molecule has 0 bridgehead atoms. The molecule has 0 radical (unpaired) electrons. The van der Waals surface area contributed by atoms with E-state index < -0.39 is 0 Å². The maximum absolute atomic E-state index is 13.0. The van der Waals surface area contributed by atoms with Gasteiger partial charge in [0.25, 0.3) is 5.91 Å². The second-order valence-electron chi connectivity index (χ2n) is 10.8. The monoisotopic (exact) mass is 555 g/mol. The highest BCUT2D eigenvalue weighted by Crippen LogP contribution is 2.46. The molecule has 1 unspecified atom stereocenters. The van der Waals surface area contributed by atoms with Gasteiger partial charge in [0.2, 0.25) is 0 Å². The van der Waals surface area contributed by atoms with E-state index in [1.54, 1.807) is 11.1 Å². The van der Waals surface area contributed by atoms with E-state index in [1.165, 1.54) is 30.7 Å². The van der Waals surface area contributed by atoms with Crippen molar-refractivity contribution < 1.29 is 9.90 Å². The summed E-state index contributed by atoms with van der Waals surface area (Å²) in [5.41, 5.74) is 13.7. The topological polar surface area (TPSA) is 125 Å². The number of nitrogens with zero attached hydrogens (tertiary/aromatic N) is 5. The zero-order chi connectivity index (χ0) is 26.4. The van der Waals surface area contributed by atoms with E-state index in [-0.39, 0.29) is 23.4 Å². The molecule has 1 aliphatic carbocycles. The number of aliphatic hydroxyl groups is 1. The Balaban J connectivity index is 1.20. The molecule has 3 fully saturated rings. The van der Waals surface area contributed by atoms with Crippen LogP contribution in [0.25, 0.3) is 0 Å². The lowest BCUT2D eigenvalue weighted by molar-refractivity contribution is -0.117. The average molecular weight is 556 g/mol. The minimum Gasteiger partial charge on any atom is -0.494 e. The predicted octanol–water partition coefficient (Wildman–Crippen LogP) is 4.52. The summed E-state index contributed by atoms with van der Waals surface area (Å²) in [6.07, 6.45) is 11.3. The van der Waals surface area contributed by atoms with Crippen molar-refractivity contribution in [3.8, 4) is 0 Å². The third-order valence-corrected chi connectivity index (χ3v) is 10.4. The Kier molecular flexibility index (Phi) is 6.82. The van der Waals surface area contributed by atoms with Crippen LogP contribution in [0.15, 0.2) is 46.3 Å². The van der Waals surface area contributed by atoms with E-state index in [1.807, 2.05) is 23.1 Å². The summed E-state index contributed by atoms with van der Waals surface area (Å²) >= 11 is 8.22. The summed E-state index contributed by atoms with van der Waals surface area (Å²) in [4.78, 5) is 28.8. The maximum Gasteiger partial charge on any atom is 0.258 e. The van der Waals surface area contributed by atoms with Crippen molar-refractivity contribution in [2.45, 2.75) is 73.5 Å². The minimum absolute atomic E-state index is 0.0238. The number of piperidine rings is 2. The fourth-order valence-electron chi connectivity index (χ4n) is 6.59. The van der Waals surface area contributed by atoms with Crippen LogP contribution in [-0.2, 0) is 4.79 Å². The molecule has 1 aromatic heterocycles. The average Bonchev–Trinajstić information content (AvgIpc) is 3.26. The Morgan fingerprint density at radius 3 is 2.66 bits per heavy atom. The number of carbonyl (C=O) groups is 1. The van der Waals surface area contributed by atoms with Crippen molar-refractivity contribution in [3.63, 3.8) is 0 Å². The smallest absolute Gasteiger partial charge is 0.258 e. The molecule has 4 aliphatic rings. The third kappa shape index (κ3) is 4.46. The highest BCUT2D eigenvalue weighted by atomic mass is 35.5. The van der Waals surface area contributed by atoms with E-state index in [2.05, 4.69) is 14.9 Å². The molecule has 9 nitrogen and oxygen atoms in total. The lowest BCUT2D eigenvalue weighted by Crippen LogP contribution is -2.55. The number of fused-ring (bicyclic) bond motifs is 1. The van der Waals surface area contributed by atoms with Gasteiger partial charge in [-0.25, -0.2) is 9.97 Å². The lowest BCUT2D eigenvalue weighted by atomic mass is 9.74. The van der Waals surface area contributed by atoms with Crippen LogP contribution in [0.5, 0.6) is 0 Å². The molecule has 4 heterocycles. The number of rotatable bonds is 4. The van der Waals surface area contributed by atoms with E-state index in [0.717, 1.165) is 62.3 Å². The number of nitrogens with two attached hydrogens (primary N) is 2. The quantitative estimate of drug-likeness (QED) is 0.499. The van der Waals surface area contributed by atoms with Crippen molar-refractivity contribution in [1.29, 1.82) is 0 Å². The maximum atomic E-state index is 13.0. The number of carbonyl (C=O) groups excluding carboxylic acids is 1. The second-order valence-corrected chi connectivity index (χ2v) is 12.2. The van der Waals surface area contributed by atoms with Gasteiger partial charge in [0, 0.05) is 30.6 Å². The van der Waals surface area contributed by atoms with Gasteiger partial charge in [-0.1, -0.05) is 35.9 Å². The number of hydrogen-bond acceptors (Lipinski definition) is 9. The highest BCUT2D eigenvalue weighted by molar-refractivity contribution is 7.99. The molecule has 1 aromatic carbocycles. The predicted molar refractivity (Wildman–Crippen MR) is 150 cm³/mol. The van der Waals surface area contributed by atoms with Crippen LogP contribution in [0.1, 0.15) is 51.4 Å². The van der Waals surface area contributed by atoms with E-state index >= 15 is 0 Å². The molecular weight excluding hydrogens is 522 g/mol. The normalized spacial score (nSPS) is 25.1. The van der Waals surface area contributed by atoms with E-state index in [4.69, 9.17) is 23.1 Å². The fraction of sp³-hybridized carbons (Fsp3) is 0.519. The van der Waals surface area contributed by atoms with Crippen LogP contribution in [-0.4, -0.2) is 57.7 Å². The van der Waals surface area contributed by atoms with Crippen LogP contribution in [0, 0.1) is 5.41 Å². The number of amides is 1. The third-order valence-electron chi connectivity index (χ3n) is 8.77. The summed E-state index contributed by atoms with van der Waals surface area (Å²) in [6.45, 7) is 2.52. The minimum atomic E-state index is -0.278. The molecule has 11 heteroatoms. The number of hydrogen-bond donors (Lipinski definition) is 3. The molecule has 2 atom stereocenters. The van der Waals surface area contributed by atoms with Crippen LogP contribution in [0.4, 0.5) is 17.3 Å². The van der Waals surface area contributed by atoms with Crippen molar-refractivity contribution in [3.05, 3.63) is 41.4 Å². The highest BCUT2D eigenvalue weighted by Gasteiger charge is 2.43. The van der Waals surface area contributed by atoms with E-state index in [9.17, 15) is 9.90 Å². The molecular formula is C27H34ClN7O2S. The van der Waals surface area contributed by atoms with Crippen molar-refractivity contribution >= 4 is 46.6 Å². The van der Waals surface area contributed by atoms with Crippen LogP contribution >= 0.6 is 23.4 Å². The Bertz CT molecular complexity index is 1270. The largest absolute Gasteiger partial charge is 0.494 e. The van der Waals surface area contributed by atoms with Gasteiger partial charge in [-0.2, -0.15) is 0 Å². The Labute approximate surface area is 232 Å². The Morgan fingerprint density at radius 2 is 1.92 bits per heavy atom. The number of benzene rings is 1. The zero-order valence-corrected chi connectivity index (χ0v) is 22.9. The summed E-state index contributed by atoms with van der Waals surface area (Å²) in [6, 6.07) is 5.91. The number of halogens is 1. The van der Waals surface area contributed by atoms with Crippen molar-refractivity contribution in [2.24, 2.45) is 11.1 Å². The van der Waals surface area contributed by atoms with Gasteiger partial charge in [-0.3, -0.25) is 9.69 Å². The summed E-state index contributed by atoms with van der Waals surface area (Å²) in [5.74, 6) is 0.888. The van der Waals surface area contributed by atoms with Gasteiger partial charge >= 0.3 is 0 Å². The van der Waals surface area contributed by atoms with Gasteiger partial charge in [0.15, 0.2) is 11.7 Å². The Morgan fingerprint density at radius 1 is 1.11 bits per heavy atom. The van der Waals surface area contributed by atoms with Crippen LogP contribution in [0.3, 0.4) is 0 Å². The Hall–Kier alpha value is -2.69. The number of nitrogen functional groups attached to an aromatic ring is 1. The molecule has 38 heavy (non-hydrogen) atoms. The van der Waals surface area contributed by atoms with Crippen molar-refractivity contribution in [1.82, 2.24) is 14.9 Å². The second kappa shape index (κ2) is 10.1. The summed E-state index contributed by atoms with van der Waals surface area (Å²) in [7, 11) is 0. The number of aliphatic hydroxyl groups excluding tert-OH is 1. The van der Waals surface area contributed by atoms with Gasteiger partial charge in [-0.05, 0) is 62.5 Å². The molecule has 5 N–H and O–H groups in total. The SMILES string of the molecule is Nc1nc(N2CCC3(CCCC3N)CC2)cnc1Sc1cccc(N2C(=O)C=C(O)N3CCCC[C@@H]32)c1Cl. The van der Waals surface area contributed by atoms with Crippen molar-refractivity contribution in [2.75, 3.05) is 35.2 Å². The first-order valence-corrected chi connectivity index (χ1v) is 14.7. The van der Waals surface area contributed by atoms with Gasteiger partial charge in [0.05, 0.1) is 23.0 Å². The number of aromatic nitrogens is 2. The molecule has 6 rings (SSSR count). The molecule has 1 spiro atoms.